The summed E-state index contributed by atoms with van der Waals surface area (Å²) >= 11 is 5.47. The van der Waals surface area contributed by atoms with Gasteiger partial charge in [-0.25, -0.2) is 9.18 Å². The van der Waals surface area contributed by atoms with Gasteiger partial charge in [0.1, 0.15) is 11.6 Å². The smallest absolute Gasteiger partial charge is 0.344 e. The molecular formula is C9H8ClFO3. The summed E-state index contributed by atoms with van der Waals surface area (Å²) in [5.74, 6) is -1.43. The molecule has 0 bridgehead atoms. The van der Waals surface area contributed by atoms with Gasteiger partial charge < -0.3 is 9.84 Å². The van der Waals surface area contributed by atoms with Crippen molar-refractivity contribution >= 4 is 17.6 Å². The van der Waals surface area contributed by atoms with Crippen molar-refractivity contribution in [3.8, 4) is 5.75 Å². The first-order valence-corrected chi connectivity index (χ1v) is 4.23. The molecule has 0 aliphatic rings. The highest BCUT2D eigenvalue weighted by Gasteiger charge is 2.12. The monoisotopic (exact) mass is 218 g/mol. The summed E-state index contributed by atoms with van der Waals surface area (Å²) in [4.78, 5) is 10.4. The van der Waals surface area contributed by atoms with Crippen LogP contribution >= 0.6 is 11.6 Å². The molecule has 0 radical (unpaired) electrons. The maximum absolute atomic E-state index is 12.7. The van der Waals surface area contributed by atoms with Crippen LogP contribution in [0.5, 0.6) is 5.75 Å². The largest absolute Gasteiger partial charge is 0.479 e. The number of carboxylic acid groups (broad SMARTS) is 1. The van der Waals surface area contributed by atoms with E-state index in [0.29, 0.717) is 0 Å². The lowest BCUT2D eigenvalue weighted by molar-refractivity contribution is -0.144. The molecular weight excluding hydrogens is 211 g/mol. The van der Waals surface area contributed by atoms with Crippen LogP contribution in [0.1, 0.15) is 6.92 Å². The Bertz CT molecular complexity index is 354. The topological polar surface area (TPSA) is 46.5 Å². The third-order valence-electron chi connectivity index (χ3n) is 1.55. The third kappa shape index (κ3) is 2.60. The zero-order chi connectivity index (χ0) is 10.7. The molecule has 1 rings (SSSR count). The molecule has 0 saturated heterocycles. The summed E-state index contributed by atoms with van der Waals surface area (Å²) in [6.45, 7) is 1.37. The van der Waals surface area contributed by atoms with Crippen LogP contribution < -0.4 is 4.74 Å². The van der Waals surface area contributed by atoms with Gasteiger partial charge in [-0.05, 0) is 19.1 Å². The fraction of sp³-hybridized carbons (Fsp3) is 0.222. The van der Waals surface area contributed by atoms with Crippen molar-refractivity contribution in [1.82, 2.24) is 0 Å². The zero-order valence-electron chi connectivity index (χ0n) is 7.33. The van der Waals surface area contributed by atoms with E-state index >= 15 is 0 Å². The minimum absolute atomic E-state index is 0.0971. The highest BCUT2D eigenvalue weighted by molar-refractivity contribution is 6.30. The maximum atomic E-state index is 12.7. The normalized spacial score (nSPS) is 12.2. The Balaban J connectivity index is 2.78. The molecule has 1 N–H and O–H groups in total. The van der Waals surface area contributed by atoms with E-state index in [1.54, 1.807) is 0 Å². The van der Waals surface area contributed by atoms with Crippen LogP contribution in [-0.2, 0) is 4.79 Å². The summed E-state index contributed by atoms with van der Waals surface area (Å²) in [5, 5.41) is 8.44. The predicted octanol–water partition coefficient (Wildman–Crippen LogP) is 2.33. The second-order valence-corrected chi connectivity index (χ2v) is 3.08. The molecule has 0 spiro atoms. The second-order valence-electron chi connectivity index (χ2n) is 2.67. The fourth-order valence-corrected chi connectivity index (χ4v) is 0.975. The van der Waals surface area contributed by atoms with E-state index in [1.165, 1.54) is 19.1 Å². The molecule has 3 nitrogen and oxygen atoms in total. The average Bonchev–Trinajstić information content (AvgIpc) is 2.11. The van der Waals surface area contributed by atoms with Crippen molar-refractivity contribution in [2.24, 2.45) is 0 Å². The molecule has 0 fully saturated rings. The first kappa shape index (κ1) is 10.8. The van der Waals surface area contributed by atoms with E-state index in [9.17, 15) is 9.18 Å². The SMILES string of the molecule is C[C@H](Oc1ccc(F)c(Cl)c1)C(=O)O. The fourth-order valence-electron chi connectivity index (χ4n) is 0.805. The van der Waals surface area contributed by atoms with E-state index in [0.717, 1.165) is 6.07 Å². The van der Waals surface area contributed by atoms with E-state index in [4.69, 9.17) is 21.4 Å². The van der Waals surface area contributed by atoms with Gasteiger partial charge in [-0.3, -0.25) is 0 Å². The Morgan fingerprint density at radius 1 is 1.64 bits per heavy atom. The summed E-state index contributed by atoms with van der Waals surface area (Å²) in [6, 6.07) is 3.67. The molecule has 14 heavy (non-hydrogen) atoms. The molecule has 0 aliphatic carbocycles. The maximum Gasteiger partial charge on any atom is 0.344 e. The zero-order valence-corrected chi connectivity index (χ0v) is 8.08. The third-order valence-corrected chi connectivity index (χ3v) is 1.84. The lowest BCUT2D eigenvalue weighted by Gasteiger charge is -2.10. The highest BCUT2D eigenvalue weighted by Crippen LogP contribution is 2.21. The molecule has 1 aromatic rings. The number of carbonyl (C=O) groups is 1. The first-order valence-electron chi connectivity index (χ1n) is 3.85. The quantitative estimate of drug-likeness (QED) is 0.847. The summed E-state index contributed by atoms with van der Waals surface area (Å²) in [6.07, 6.45) is -0.989. The van der Waals surface area contributed by atoms with Crippen LogP contribution in [-0.4, -0.2) is 17.2 Å². The van der Waals surface area contributed by atoms with Crippen LogP contribution in [0.4, 0.5) is 4.39 Å². The number of ether oxygens (including phenoxy) is 1. The van der Waals surface area contributed by atoms with Crippen molar-refractivity contribution < 1.29 is 19.0 Å². The minimum atomic E-state index is -1.09. The molecule has 5 heteroatoms. The Hall–Kier alpha value is -1.29. The van der Waals surface area contributed by atoms with Crippen molar-refractivity contribution in [2.75, 3.05) is 0 Å². The molecule has 0 heterocycles. The number of carboxylic acids is 1. The van der Waals surface area contributed by atoms with Gasteiger partial charge in [0.15, 0.2) is 6.10 Å². The molecule has 1 atom stereocenters. The van der Waals surface area contributed by atoms with Crippen LogP contribution in [0.2, 0.25) is 5.02 Å². The summed E-state index contributed by atoms with van der Waals surface area (Å²) < 4.78 is 17.7. The molecule has 0 unspecified atom stereocenters. The standard InChI is InChI=1S/C9H8ClFO3/c1-5(9(12)13)14-6-2-3-8(11)7(10)4-6/h2-5H,1H3,(H,12,13)/t5-/m0/s1. The Labute approximate surface area is 85.1 Å². The Morgan fingerprint density at radius 2 is 2.29 bits per heavy atom. The number of benzene rings is 1. The lowest BCUT2D eigenvalue weighted by atomic mass is 10.3. The number of aliphatic carboxylic acids is 1. The van der Waals surface area contributed by atoms with Crippen molar-refractivity contribution in [1.29, 1.82) is 0 Å². The minimum Gasteiger partial charge on any atom is -0.479 e. The second kappa shape index (κ2) is 4.28. The van der Waals surface area contributed by atoms with Gasteiger partial charge in [0, 0.05) is 6.07 Å². The molecule has 0 aromatic heterocycles. The van der Waals surface area contributed by atoms with Gasteiger partial charge in [-0.15, -0.1) is 0 Å². The number of rotatable bonds is 3. The number of hydrogen-bond acceptors (Lipinski definition) is 2. The van der Waals surface area contributed by atoms with E-state index in [-0.39, 0.29) is 10.8 Å². The molecule has 0 saturated carbocycles. The van der Waals surface area contributed by atoms with Crippen LogP contribution in [0, 0.1) is 5.82 Å². The van der Waals surface area contributed by atoms with Crippen LogP contribution in [0.15, 0.2) is 18.2 Å². The van der Waals surface area contributed by atoms with Gasteiger partial charge in [0.25, 0.3) is 0 Å². The van der Waals surface area contributed by atoms with Gasteiger partial charge in [-0.1, -0.05) is 11.6 Å². The number of halogens is 2. The van der Waals surface area contributed by atoms with Crippen molar-refractivity contribution in [3.63, 3.8) is 0 Å². The van der Waals surface area contributed by atoms with Crippen molar-refractivity contribution in [2.45, 2.75) is 13.0 Å². The molecule has 0 amide bonds. The van der Waals surface area contributed by atoms with Crippen LogP contribution in [0.3, 0.4) is 0 Å². The molecule has 1 aromatic carbocycles. The Kier molecular flexibility index (Phi) is 3.30. The summed E-state index contributed by atoms with van der Waals surface area (Å²) in [5.41, 5.74) is 0. The summed E-state index contributed by atoms with van der Waals surface area (Å²) in [7, 11) is 0. The number of hydrogen-bond donors (Lipinski definition) is 1. The van der Waals surface area contributed by atoms with E-state index in [1.807, 2.05) is 0 Å². The highest BCUT2D eigenvalue weighted by atomic mass is 35.5. The van der Waals surface area contributed by atoms with Gasteiger partial charge in [0.2, 0.25) is 0 Å². The van der Waals surface area contributed by atoms with Gasteiger partial charge in [0.05, 0.1) is 5.02 Å². The first-order chi connectivity index (χ1) is 6.50. The molecule has 0 aliphatic heterocycles. The van der Waals surface area contributed by atoms with Crippen molar-refractivity contribution in [3.05, 3.63) is 29.0 Å². The Morgan fingerprint density at radius 3 is 2.79 bits per heavy atom. The predicted molar refractivity (Wildman–Crippen MR) is 49.1 cm³/mol. The average molecular weight is 219 g/mol. The van der Waals surface area contributed by atoms with Gasteiger partial charge in [-0.2, -0.15) is 0 Å². The van der Waals surface area contributed by atoms with Gasteiger partial charge >= 0.3 is 5.97 Å². The van der Waals surface area contributed by atoms with E-state index < -0.39 is 17.9 Å². The van der Waals surface area contributed by atoms with E-state index in [2.05, 4.69) is 0 Å². The lowest BCUT2D eigenvalue weighted by Crippen LogP contribution is -2.22. The van der Waals surface area contributed by atoms with Crippen LogP contribution in [0.25, 0.3) is 0 Å². The molecule has 76 valence electrons.